The number of rotatable bonds is 6. The van der Waals surface area contributed by atoms with Crippen LogP contribution in [0.5, 0.6) is 0 Å². The number of hydrogen-bond donors (Lipinski definition) is 0. The molecule has 0 saturated carbocycles. The number of nitrogens with zero attached hydrogens (tertiary/aromatic N) is 4. The van der Waals surface area contributed by atoms with Crippen molar-refractivity contribution >= 4 is 49.3 Å². The average Bonchev–Trinajstić information content (AvgIpc) is 3.83. The monoisotopic (exact) mass is 804 g/mol. The van der Waals surface area contributed by atoms with E-state index in [0.29, 0.717) is 11.3 Å². The highest BCUT2D eigenvalue weighted by Crippen LogP contribution is 2.47. The van der Waals surface area contributed by atoms with E-state index in [1.807, 2.05) is 30.3 Å². The molecule has 0 fully saturated rings. The first kappa shape index (κ1) is 37.6. The number of benzene rings is 9. The molecule has 4 heteroatoms. The molecular formula is C59H40N4. The molecule has 296 valence electrons. The molecule has 0 aliphatic rings. The lowest BCUT2D eigenvalue weighted by Gasteiger charge is -2.21. The van der Waals surface area contributed by atoms with Crippen molar-refractivity contribution in [3.8, 4) is 62.0 Å². The summed E-state index contributed by atoms with van der Waals surface area (Å²) in [6.45, 7) is 15.1. The van der Waals surface area contributed by atoms with Crippen molar-refractivity contribution in [2.45, 2.75) is 20.8 Å². The normalized spacial score (nSPS) is 11.4. The van der Waals surface area contributed by atoms with Crippen LogP contribution in [0.4, 0.5) is 5.69 Å². The molecule has 0 radical (unpaired) electrons. The molecule has 0 aliphatic heterocycles. The Balaban J connectivity index is 1.23. The number of hydrogen-bond acceptors (Lipinski definition) is 1. The van der Waals surface area contributed by atoms with Crippen LogP contribution in [0.1, 0.15) is 22.3 Å². The fraction of sp³-hybridized carbons (Fsp3) is 0.0508. The van der Waals surface area contributed by atoms with Crippen molar-refractivity contribution in [1.82, 2.24) is 9.13 Å². The predicted octanol–water partition coefficient (Wildman–Crippen LogP) is 15.9. The van der Waals surface area contributed by atoms with Crippen molar-refractivity contribution in [2.75, 3.05) is 0 Å². The van der Waals surface area contributed by atoms with Gasteiger partial charge in [0.15, 0.2) is 5.69 Å². The molecule has 11 rings (SSSR count). The summed E-state index contributed by atoms with van der Waals surface area (Å²) in [6, 6.07) is 68.9. The fourth-order valence-corrected chi connectivity index (χ4v) is 9.83. The Morgan fingerprint density at radius 2 is 0.921 bits per heavy atom. The van der Waals surface area contributed by atoms with E-state index in [2.05, 4.69) is 199 Å². The summed E-state index contributed by atoms with van der Waals surface area (Å²) < 4.78 is 4.72. The van der Waals surface area contributed by atoms with Crippen LogP contribution < -0.4 is 0 Å². The van der Waals surface area contributed by atoms with Gasteiger partial charge in [-0.05, 0) is 143 Å². The van der Waals surface area contributed by atoms with Crippen molar-refractivity contribution in [3.05, 3.63) is 222 Å². The number of aryl methyl sites for hydroxylation is 3. The smallest absolute Gasteiger partial charge is 0.197 e. The molecule has 9 aromatic carbocycles. The molecule has 4 nitrogen and oxygen atoms in total. The van der Waals surface area contributed by atoms with Crippen molar-refractivity contribution in [3.63, 3.8) is 0 Å². The van der Waals surface area contributed by atoms with Gasteiger partial charge in [-0.25, -0.2) is 4.85 Å². The zero-order valence-corrected chi connectivity index (χ0v) is 35.2. The van der Waals surface area contributed by atoms with Crippen molar-refractivity contribution in [2.24, 2.45) is 0 Å². The van der Waals surface area contributed by atoms with Crippen molar-refractivity contribution < 1.29 is 0 Å². The molecule has 0 N–H and O–H groups in total. The first-order chi connectivity index (χ1) is 30.9. The Hall–Kier alpha value is -8.44. The van der Waals surface area contributed by atoms with Gasteiger partial charge in [-0.15, -0.1) is 0 Å². The number of nitriles is 1. The van der Waals surface area contributed by atoms with E-state index in [1.54, 1.807) is 0 Å². The summed E-state index contributed by atoms with van der Waals surface area (Å²) in [5.41, 5.74) is 19.5. The standard InChI is InChI=1S/C59H40N4/c1-37-14-5-7-16-44(37)41-25-29-55-49(33-41)47-18-9-11-21-53(47)62(55)57-31-27-43(46-28-24-40(36-60)32-39(46)3)35-51(57)59-52(61-4)20-13-23-58(59)63-54-22-12-10-19-48(54)50-34-42(26-30-56(50)63)45-17-8-6-15-38(45)2/h5-35H,1-3H3. The van der Waals surface area contributed by atoms with E-state index >= 15 is 0 Å². The molecular weight excluding hydrogens is 765 g/mol. The molecule has 0 amide bonds. The summed E-state index contributed by atoms with van der Waals surface area (Å²) in [5.74, 6) is 0. The minimum Gasteiger partial charge on any atom is -0.310 e. The second kappa shape index (κ2) is 14.9. The van der Waals surface area contributed by atoms with Crippen LogP contribution >= 0.6 is 0 Å². The van der Waals surface area contributed by atoms with Crippen molar-refractivity contribution in [1.29, 1.82) is 5.26 Å². The van der Waals surface area contributed by atoms with Crippen LogP contribution in [-0.4, -0.2) is 9.13 Å². The van der Waals surface area contributed by atoms with Crippen LogP contribution in [0.3, 0.4) is 0 Å². The Kier molecular flexibility index (Phi) is 8.90. The molecule has 0 bridgehead atoms. The zero-order valence-electron chi connectivity index (χ0n) is 35.2. The van der Waals surface area contributed by atoms with E-state index in [9.17, 15) is 5.26 Å². The molecule has 0 aliphatic carbocycles. The van der Waals surface area contributed by atoms with Crippen LogP contribution in [0.2, 0.25) is 0 Å². The van der Waals surface area contributed by atoms with Gasteiger partial charge in [-0.1, -0.05) is 121 Å². The van der Waals surface area contributed by atoms with Crippen LogP contribution in [0.15, 0.2) is 188 Å². The quantitative estimate of drug-likeness (QED) is 0.154. The van der Waals surface area contributed by atoms with E-state index in [0.717, 1.165) is 82.8 Å². The zero-order chi connectivity index (χ0) is 42.8. The third-order valence-electron chi connectivity index (χ3n) is 12.8. The molecule has 11 aromatic rings. The second-order valence-corrected chi connectivity index (χ2v) is 16.5. The lowest BCUT2D eigenvalue weighted by molar-refractivity contribution is 1.16. The van der Waals surface area contributed by atoms with E-state index in [1.165, 1.54) is 33.4 Å². The van der Waals surface area contributed by atoms with Gasteiger partial charge in [0, 0.05) is 32.8 Å². The molecule has 2 aromatic heterocycles. The Bertz CT molecular complexity index is 3750. The number of para-hydroxylation sites is 2. The number of fused-ring (bicyclic) bond motifs is 6. The molecule has 0 unspecified atom stereocenters. The van der Waals surface area contributed by atoms with Crippen LogP contribution in [0.25, 0.3) is 104 Å². The molecule has 2 heterocycles. The predicted molar refractivity (Wildman–Crippen MR) is 262 cm³/mol. The number of aromatic nitrogens is 2. The van der Waals surface area contributed by atoms with Gasteiger partial charge in [0.05, 0.1) is 46.0 Å². The topological polar surface area (TPSA) is 38.0 Å². The Morgan fingerprint density at radius 3 is 1.49 bits per heavy atom. The van der Waals surface area contributed by atoms with Gasteiger partial charge in [-0.3, -0.25) is 0 Å². The van der Waals surface area contributed by atoms with Gasteiger partial charge < -0.3 is 9.13 Å². The molecule has 0 saturated heterocycles. The second-order valence-electron chi connectivity index (χ2n) is 16.5. The first-order valence-electron chi connectivity index (χ1n) is 21.3. The third-order valence-corrected chi connectivity index (χ3v) is 12.8. The van der Waals surface area contributed by atoms with Crippen LogP contribution in [-0.2, 0) is 0 Å². The van der Waals surface area contributed by atoms with Gasteiger partial charge in [0.1, 0.15) is 0 Å². The fourth-order valence-electron chi connectivity index (χ4n) is 9.83. The minimum absolute atomic E-state index is 0.563. The highest BCUT2D eigenvalue weighted by Gasteiger charge is 2.24. The SMILES string of the molecule is [C-]#[N+]c1cccc(-n2c3ccccc3c3cc(-c4ccccc4C)ccc32)c1-c1cc(-c2ccc(C#N)cc2C)ccc1-n1c2ccccc2c2cc(-c3ccccc3C)ccc21. The maximum atomic E-state index is 9.76. The third kappa shape index (κ3) is 6.04. The van der Waals surface area contributed by atoms with E-state index in [4.69, 9.17) is 6.57 Å². The highest BCUT2D eigenvalue weighted by atomic mass is 15.0. The Labute approximate surface area is 366 Å². The largest absolute Gasteiger partial charge is 0.310 e. The van der Waals surface area contributed by atoms with Gasteiger partial charge >= 0.3 is 0 Å². The summed E-state index contributed by atoms with van der Waals surface area (Å²) in [4.78, 5) is 4.28. The summed E-state index contributed by atoms with van der Waals surface area (Å²) in [7, 11) is 0. The summed E-state index contributed by atoms with van der Waals surface area (Å²) in [5, 5.41) is 14.4. The lowest BCUT2D eigenvalue weighted by Crippen LogP contribution is -2.02. The maximum absolute atomic E-state index is 9.76. The molecule has 0 atom stereocenters. The van der Waals surface area contributed by atoms with E-state index < -0.39 is 0 Å². The molecule has 0 spiro atoms. The van der Waals surface area contributed by atoms with Gasteiger partial charge in [0.25, 0.3) is 0 Å². The Morgan fingerprint density at radius 1 is 0.413 bits per heavy atom. The summed E-state index contributed by atoms with van der Waals surface area (Å²) in [6.07, 6.45) is 0. The first-order valence-corrected chi connectivity index (χ1v) is 21.3. The molecule has 63 heavy (non-hydrogen) atoms. The van der Waals surface area contributed by atoms with E-state index in [-0.39, 0.29) is 0 Å². The van der Waals surface area contributed by atoms with Crippen LogP contribution in [0, 0.1) is 38.7 Å². The maximum Gasteiger partial charge on any atom is 0.197 e. The van der Waals surface area contributed by atoms with Gasteiger partial charge in [-0.2, -0.15) is 5.26 Å². The van der Waals surface area contributed by atoms with Gasteiger partial charge in [0.2, 0.25) is 0 Å². The lowest BCUT2D eigenvalue weighted by atomic mass is 9.92. The average molecular weight is 805 g/mol. The summed E-state index contributed by atoms with van der Waals surface area (Å²) >= 11 is 0. The minimum atomic E-state index is 0.563. The highest BCUT2D eigenvalue weighted by molar-refractivity contribution is 6.13.